The molecule has 1 aromatic carbocycles. The molecule has 126 valence electrons. The second-order valence-electron chi connectivity index (χ2n) is 8.34. The molecule has 3 heteroatoms. The van der Waals surface area contributed by atoms with Gasteiger partial charge in [-0.1, -0.05) is 20.8 Å². The monoisotopic (exact) mass is 314 g/mol. The van der Waals surface area contributed by atoms with E-state index in [4.69, 9.17) is 0 Å². The molecule has 2 saturated carbocycles. The highest BCUT2D eigenvalue weighted by atomic mass is 16.1. The molecule has 4 atom stereocenters. The van der Waals surface area contributed by atoms with Crippen molar-refractivity contribution in [2.75, 3.05) is 19.0 Å². The highest BCUT2D eigenvalue weighted by molar-refractivity contribution is 5.94. The van der Waals surface area contributed by atoms with Gasteiger partial charge in [0.25, 0.3) is 5.91 Å². The van der Waals surface area contributed by atoms with Crippen molar-refractivity contribution in [1.82, 2.24) is 5.32 Å². The Morgan fingerprint density at radius 1 is 1.17 bits per heavy atom. The maximum Gasteiger partial charge on any atom is 0.251 e. The van der Waals surface area contributed by atoms with Gasteiger partial charge < -0.3 is 10.2 Å². The molecule has 2 fully saturated rings. The fraction of sp³-hybridized carbons (Fsp3) is 0.650. The lowest BCUT2D eigenvalue weighted by atomic mass is 9.49. The van der Waals surface area contributed by atoms with E-state index in [1.807, 2.05) is 43.3 Å². The van der Waals surface area contributed by atoms with Crippen LogP contribution in [-0.4, -0.2) is 26.0 Å². The molecule has 0 aliphatic heterocycles. The highest BCUT2D eigenvalue weighted by Gasteiger charge is 2.53. The average molecular weight is 314 g/mol. The van der Waals surface area contributed by atoms with Crippen LogP contribution in [0.4, 0.5) is 5.69 Å². The minimum atomic E-state index is 0.0767. The van der Waals surface area contributed by atoms with Crippen molar-refractivity contribution in [1.29, 1.82) is 0 Å². The number of nitrogens with zero attached hydrogens (tertiary/aromatic N) is 1. The SMILES string of the molecule is C[C@H]1CC[C@@H]2C[C@@H](NC(=O)c3ccc(N(C)C)cc3)C2C1(C)C. The second kappa shape index (κ2) is 5.85. The molecule has 23 heavy (non-hydrogen) atoms. The van der Waals surface area contributed by atoms with Gasteiger partial charge in [-0.3, -0.25) is 4.79 Å². The molecule has 1 amide bonds. The molecular weight excluding hydrogens is 284 g/mol. The van der Waals surface area contributed by atoms with E-state index in [0.717, 1.165) is 29.5 Å². The molecule has 3 nitrogen and oxygen atoms in total. The van der Waals surface area contributed by atoms with Gasteiger partial charge in [0.15, 0.2) is 0 Å². The van der Waals surface area contributed by atoms with E-state index in [0.29, 0.717) is 17.4 Å². The first-order valence-corrected chi connectivity index (χ1v) is 8.89. The van der Waals surface area contributed by atoms with Crippen molar-refractivity contribution < 1.29 is 4.79 Å². The maximum atomic E-state index is 12.6. The number of benzene rings is 1. The van der Waals surface area contributed by atoms with Crippen molar-refractivity contribution in [3.8, 4) is 0 Å². The van der Waals surface area contributed by atoms with Gasteiger partial charge in [0.2, 0.25) is 0 Å². The summed E-state index contributed by atoms with van der Waals surface area (Å²) >= 11 is 0. The Balaban J connectivity index is 1.67. The van der Waals surface area contributed by atoms with Gasteiger partial charge in [-0.05, 0) is 66.7 Å². The van der Waals surface area contributed by atoms with Gasteiger partial charge in [-0.25, -0.2) is 0 Å². The standard InChI is InChI=1S/C20H30N2O/c1-13-6-7-15-12-17(18(15)20(13,2)3)21-19(23)14-8-10-16(11-9-14)22(4)5/h8-11,13,15,17-18H,6-7,12H2,1-5H3,(H,21,23)/t13-,15+,17+,18?/m0/s1. The molecule has 0 aromatic heterocycles. The number of nitrogens with one attached hydrogen (secondary N) is 1. The number of carbonyl (C=O) groups excluding carboxylic acids is 1. The Kier molecular flexibility index (Phi) is 4.16. The van der Waals surface area contributed by atoms with E-state index in [1.165, 1.54) is 12.8 Å². The lowest BCUT2D eigenvalue weighted by Crippen LogP contribution is -2.60. The Morgan fingerprint density at radius 3 is 2.43 bits per heavy atom. The van der Waals surface area contributed by atoms with Crippen LogP contribution in [0.3, 0.4) is 0 Å². The lowest BCUT2D eigenvalue weighted by Gasteiger charge is -2.59. The zero-order valence-electron chi connectivity index (χ0n) is 15.1. The van der Waals surface area contributed by atoms with E-state index in [-0.39, 0.29) is 5.91 Å². The summed E-state index contributed by atoms with van der Waals surface area (Å²) in [5.74, 6) is 2.26. The van der Waals surface area contributed by atoms with Crippen molar-refractivity contribution in [2.24, 2.45) is 23.2 Å². The van der Waals surface area contributed by atoms with Crippen molar-refractivity contribution in [2.45, 2.75) is 46.1 Å². The summed E-state index contributed by atoms with van der Waals surface area (Å²) in [5, 5.41) is 3.30. The molecule has 0 radical (unpaired) electrons. The van der Waals surface area contributed by atoms with Gasteiger partial charge >= 0.3 is 0 Å². The summed E-state index contributed by atoms with van der Waals surface area (Å²) in [6.45, 7) is 7.14. The number of anilines is 1. The Hall–Kier alpha value is -1.51. The summed E-state index contributed by atoms with van der Waals surface area (Å²) in [6.07, 6.45) is 3.82. The van der Waals surface area contributed by atoms with E-state index in [2.05, 4.69) is 26.1 Å². The van der Waals surface area contributed by atoms with E-state index in [9.17, 15) is 4.79 Å². The third kappa shape index (κ3) is 2.86. The minimum absolute atomic E-state index is 0.0767. The topological polar surface area (TPSA) is 32.3 Å². The fourth-order valence-electron chi connectivity index (χ4n) is 4.65. The Bertz CT molecular complexity index is 576. The van der Waals surface area contributed by atoms with Gasteiger partial charge in [0, 0.05) is 31.4 Å². The average Bonchev–Trinajstić information content (AvgIpc) is 2.47. The number of rotatable bonds is 3. The van der Waals surface area contributed by atoms with E-state index in [1.54, 1.807) is 0 Å². The number of fused-ring (bicyclic) bond motifs is 1. The third-order valence-corrected chi connectivity index (χ3v) is 6.56. The third-order valence-electron chi connectivity index (χ3n) is 6.56. The molecule has 1 unspecified atom stereocenters. The predicted octanol–water partition coefficient (Wildman–Crippen LogP) is 3.94. The normalized spacial score (nSPS) is 31.7. The maximum absolute atomic E-state index is 12.6. The summed E-state index contributed by atoms with van der Waals surface area (Å²) in [6, 6.07) is 8.21. The van der Waals surface area contributed by atoms with Crippen LogP contribution in [0.25, 0.3) is 0 Å². The molecule has 0 spiro atoms. The zero-order valence-corrected chi connectivity index (χ0v) is 15.1. The number of hydrogen-bond donors (Lipinski definition) is 1. The van der Waals surface area contributed by atoms with Crippen LogP contribution < -0.4 is 10.2 Å². The Labute approximate surface area is 140 Å². The lowest BCUT2D eigenvalue weighted by molar-refractivity contribution is -0.0707. The smallest absolute Gasteiger partial charge is 0.251 e. The molecule has 2 aliphatic rings. The molecule has 0 heterocycles. The van der Waals surface area contributed by atoms with Crippen LogP contribution in [0, 0.1) is 23.2 Å². The van der Waals surface area contributed by atoms with Crippen LogP contribution >= 0.6 is 0 Å². The molecule has 0 bridgehead atoms. The first-order valence-electron chi connectivity index (χ1n) is 8.89. The zero-order chi connectivity index (χ0) is 16.8. The van der Waals surface area contributed by atoms with Crippen LogP contribution in [0.5, 0.6) is 0 Å². The number of carbonyl (C=O) groups is 1. The molecule has 2 aliphatic carbocycles. The van der Waals surface area contributed by atoms with Gasteiger partial charge in [-0.2, -0.15) is 0 Å². The second-order valence-corrected chi connectivity index (χ2v) is 8.34. The molecule has 1 aromatic rings. The summed E-state index contributed by atoms with van der Waals surface area (Å²) in [7, 11) is 4.02. The quantitative estimate of drug-likeness (QED) is 0.916. The van der Waals surface area contributed by atoms with Crippen LogP contribution in [-0.2, 0) is 0 Å². The van der Waals surface area contributed by atoms with Crippen molar-refractivity contribution in [3.63, 3.8) is 0 Å². The predicted molar refractivity (Wildman–Crippen MR) is 95.8 cm³/mol. The van der Waals surface area contributed by atoms with Gasteiger partial charge in [0.05, 0.1) is 0 Å². The van der Waals surface area contributed by atoms with Crippen LogP contribution in [0.15, 0.2) is 24.3 Å². The van der Waals surface area contributed by atoms with Crippen LogP contribution in [0.1, 0.15) is 50.4 Å². The summed E-state index contributed by atoms with van der Waals surface area (Å²) < 4.78 is 0. The summed E-state index contributed by atoms with van der Waals surface area (Å²) in [5.41, 5.74) is 2.21. The van der Waals surface area contributed by atoms with Crippen LogP contribution in [0.2, 0.25) is 0 Å². The van der Waals surface area contributed by atoms with Gasteiger partial charge in [-0.15, -0.1) is 0 Å². The molecule has 0 saturated heterocycles. The molecule has 3 rings (SSSR count). The van der Waals surface area contributed by atoms with Crippen molar-refractivity contribution >= 4 is 11.6 Å². The number of hydrogen-bond acceptors (Lipinski definition) is 2. The summed E-state index contributed by atoms with van der Waals surface area (Å²) in [4.78, 5) is 14.6. The first-order chi connectivity index (χ1) is 10.8. The minimum Gasteiger partial charge on any atom is -0.378 e. The molecule has 1 N–H and O–H groups in total. The Morgan fingerprint density at radius 2 is 1.83 bits per heavy atom. The fourth-order valence-corrected chi connectivity index (χ4v) is 4.65. The highest BCUT2D eigenvalue weighted by Crippen LogP contribution is 2.56. The van der Waals surface area contributed by atoms with E-state index < -0.39 is 0 Å². The van der Waals surface area contributed by atoms with E-state index >= 15 is 0 Å². The number of amides is 1. The first kappa shape index (κ1) is 16.4. The largest absolute Gasteiger partial charge is 0.378 e. The van der Waals surface area contributed by atoms with Crippen molar-refractivity contribution in [3.05, 3.63) is 29.8 Å². The van der Waals surface area contributed by atoms with Gasteiger partial charge in [0.1, 0.15) is 0 Å². The molecular formula is C20H30N2O.